The summed E-state index contributed by atoms with van der Waals surface area (Å²) in [6, 6.07) is 0.228. The van der Waals surface area contributed by atoms with Gasteiger partial charge in [-0.05, 0) is 37.8 Å². The smallest absolute Gasteiger partial charge is 0.250 e. The number of hydrogen-bond donors (Lipinski definition) is 2. The number of nitrogens with zero attached hydrogens (tertiary/aromatic N) is 3. The Morgan fingerprint density at radius 1 is 1.43 bits per heavy atom. The van der Waals surface area contributed by atoms with Crippen molar-refractivity contribution in [3.63, 3.8) is 0 Å². The number of amides is 1. The molecule has 3 N–H and O–H groups in total. The molecular formula is C20H34ClN5O2. The Morgan fingerprint density at radius 2 is 2.18 bits per heavy atom. The number of carbonyl (C=O) groups excluding carboxylic acids is 1. The van der Waals surface area contributed by atoms with Crippen molar-refractivity contribution in [3.8, 4) is 0 Å². The lowest BCUT2D eigenvalue weighted by Crippen LogP contribution is -2.54. The molecule has 0 bridgehead atoms. The topological polar surface area (TPSA) is 83.2 Å². The number of nitrogens with two attached hydrogens (primary N) is 1. The second-order valence-electron chi connectivity index (χ2n) is 7.72. The molecule has 3 aliphatic rings. The molecule has 158 valence electrons. The number of hydrogen-bond acceptors (Lipinski definition) is 6. The van der Waals surface area contributed by atoms with Gasteiger partial charge in [0.2, 0.25) is 5.91 Å². The molecule has 28 heavy (non-hydrogen) atoms. The van der Waals surface area contributed by atoms with Crippen molar-refractivity contribution in [2.75, 3.05) is 39.9 Å². The zero-order chi connectivity index (χ0) is 19.3. The van der Waals surface area contributed by atoms with Crippen LogP contribution in [0.3, 0.4) is 0 Å². The number of fused-ring (bicyclic) bond motifs is 1. The summed E-state index contributed by atoms with van der Waals surface area (Å²) in [6.07, 6.45) is 10.4. The minimum absolute atomic E-state index is 0. The summed E-state index contributed by atoms with van der Waals surface area (Å²) >= 11 is 0. The number of allylic oxidation sites excluding steroid dienone is 2. The summed E-state index contributed by atoms with van der Waals surface area (Å²) in [5, 5.41) is 3.29. The number of nitrogens with one attached hydrogen (secondary N) is 1. The van der Waals surface area contributed by atoms with Crippen LogP contribution >= 0.6 is 12.4 Å². The van der Waals surface area contributed by atoms with Gasteiger partial charge in [-0.3, -0.25) is 4.79 Å². The Balaban J connectivity index is 0.00000280. The van der Waals surface area contributed by atoms with E-state index >= 15 is 0 Å². The van der Waals surface area contributed by atoms with Crippen molar-refractivity contribution in [1.29, 1.82) is 0 Å². The van der Waals surface area contributed by atoms with Gasteiger partial charge in [0.1, 0.15) is 11.7 Å². The van der Waals surface area contributed by atoms with Crippen LogP contribution in [0.1, 0.15) is 39.0 Å². The van der Waals surface area contributed by atoms with E-state index in [-0.39, 0.29) is 24.4 Å². The van der Waals surface area contributed by atoms with Gasteiger partial charge in [-0.25, -0.2) is 4.99 Å². The molecule has 0 radical (unpaired) electrons. The van der Waals surface area contributed by atoms with Crippen LogP contribution in [0.4, 0.5) is 0 Å². The summed E-state index contributed by atoms with van der Waals surface area (Å²) in [7, 11) is 1.74. The Bertz CT molecular complexity index is 628. The van der Waals surface area contributed by atoms with Gasteiger partial charge in [0.25, 0.3) is 0 Å². The Morgan fingerprint density at radius 3 is 2.82 bits per heavy atom. The molecule has 0 aromatic rings. The zero-order valence-electron chi connectivity index (χ0n) is 17.0. The highest BCUT2D eigenvalue weighted by molar-refractivity contribution is 6.02. The second-order valence-corrected chi connectivity index (χ2v) is 7.72. The van der Waals surface area contributed by atoms with Gasteiger partial charge in [-0.1, -0.05) is 19.4 Å². The molecule has 3 heterocycles. The van der Waals surface area contributed by atoms with Crippen LogP contribution in [0.5, 0.6) is 0 Å². The average molecular weight is 412 g/mol. The van der Waals surface area contributed by atoms with E-state index in [4.69, 9.17) is 15.5 Å². The van der Waals surface area contributed by atoms with Crippen LogP contribution in [0.15, 0.2) is 29.0 Å². The predicted molar refractivity (Wildman–Crippen MR) is 115 cm³/mol. The van der Waals surface area contributed by atoms with Crippen molar-refractivity contribution >= 4 is 24.1 Å². The summed E-state index contributed by atoms with van der Waals surface area (Å²) in [5.41, 5.74) is 5.37. The highest BCUT2D eigenvalue weighted by atomic mass is 35.5. The molecular weight excluding hydrogens is 378 g/mol. The van der Waals surface area contributed by atoms with Gasteiger partial charge < -0.3 is 25.6 Å². The van der Waals surface area contributed by atoms with Crippen LogP contribution in [-0.2, 0) is 9.53 Å². The average Bonchev–Trinajstić information content (AvgIpc) is 3.05. The van der Waals surface area contributed by atoms with Gasteiger partial charge in [-0.15, -0.1) is 12.4 Å². The molecule has 3 aliphatic heterocycles. The summed E-state index contributed by atoms with van der Waals surface area (Å²) in [4.78, 5) is 22.4. The molecule has 0 aromatic heterocycles. The van der Waals surface area contributed by atoms with E-state index in [1.54, 1.807) is 7.11 Å². The third kappa shape index (κ3) is 5.07. The lowest BCUT2D eigenvalue weighted by molar-refractivity contribution is -0.127. The summed E-state index contributed by atoms with van der Waals surface area (Å²) < 4.78 is 5.13. The molecule has 1 atom stereocenters. The Labute approximate surface area is 174 Å². The first-order valence-corrected chi connectivity index (χ1v) is 10.1. The molecule has 3 rings (SSSR count). The SMILES string of the molecule is CCCC1(C(=O)NC2CCN(CCCOC)CC2)CN2C(N)=CC=CC2=N1.Cl. The van der Waals surface area contributed by atoms with E-state index in [9.17, 15) is 4.79 Å². The fraction of sp³-hybridized carbons (Fsp3) is 0.700. The lowest BCUT2D eigenvalue weighted by Gasteiger charge is -2.34. The molecule has 1 saturated heterocycles. The molecule has 8 heteroatoms. The van der Waals surface area contributed by atoms with Gasteiger partial charge in [0.15, 0.2) is 5.54 Å². The molecule has 0 spiro atoms. The van der Waals surface area contributed by atoms with Gasteiger partial charge >= 0.3 is 0 Å². The number of carbonyl (C=O) groups is 1. The standard InChI is InChI=1S/C20H33N5O2.ClH/c1-3-10-20(15-25-17(21)6-4-7-18(25)23-20)19(26)22-16-8-12-24(13-9-16)11-5-14-27-2;/h4,6-7,16H,3,5,8-15,21H2,1-2H3,(H,22,26);1H. The quantitative estimate of drug-likeness (QED) is 0.593. The normalized spacial score (nSPS) is 25.0. The first-order chi connectivity index (χ1) is 13.1. The molecule has 7 nitrogen and oxygen atoms in total. The van der Waals surface area contributed by atoms with E-state index in [2.05, 4.69) is 17.1 Å². The number of methoxy groups -OCH3 is 1. The fourth-order valence-electron chi connectivity index (χ4n) is 4.17. The molecule has 0 aromatic carbocycles. The first-order valence-electron chi connectivity index (χ1n) is 10.1. The van der Waals surface area contributed by atoms with Gasteiger partial charge in [0, 0.05) is 39.4 Å². The molecule has 0 aliphatic carbocycles. The van der Waals surface area contributed by atoms with Crippen LogP contribution < -0.4 is 11.1 Å². The van der Waals surface area contributed by atoms with Crippen molar-refractivity contribution in [3.05, 3.63) is 24.0 Å². The Kier molecular flexibility index (Phi) is 8.34. The fourth-order valence-corrected chi connectivity index (χ4v) is 4.17. The highest BCUT2D eigenvalue weighted by Crippen LogP contribution is 2.30. The summed E-state index contributed by atoms with van der Waals surface area (Å²) in [5.74, 6) is 1.50. The van der Waals surface area contributed by atoms with Crippen molar-refractivity contribution in [2.45, 2.75) is 50.6 Å². The van der Waals surface area contributed by atoms with Crippen LogP contribution in [0.2, 0.25) is 0 Å². The molecule has 1 amide bonds. The predicted octanol–water partition coefficient (Wildman–Crippen LogP) is 1.65. The Hall–Kier alpha value is -1.57. The number of ether oxygens (including phenoxy) is 1. The lowest BCUT2D eigenvalue weighted by atomic mass is 9.92. The highest BCUT2D eigenvalue weighted by Gasteiger charge is 2.46. The third-order valence-electron chi connectivity index (χ3n) is 5.68. The minimum atomic E-state index is -0.729. The molecule has 1 unspecified atom stereocenters. The van der Waals surface area contributed by atoms with E-state index in [1.807, 2.05) is 23.1 Å². The molecule has 1 fully saturated rings. The third-order valence-corrected chi connectivity index (χ3v) is 5.68. The van der Waals surface area contributed by atoms with Crippen LogP contribution in [-0.4, -0.2) is 73.0 Å². The number of rotatable bonds is 8. The number of likely N-dealkylation sites (tertiary alicyclic amines) is 1. The van der Waals surface area contributed by atoms with E-state index < -0.39 is 5.54 Å². The number of aliphatic imine (C=N–C) groups is 1. The number of amidine groups is 1. The van der Waals surface area contributed by atoms with E-state index in [0.29, 0.717) is 12.4 Å². The largest absolute Gasteiger partial charge is 0.385 e. The number of piperidine rings is 1. The van der Waals surface area contributed by atoms with Gasteiger partial charge in [-0.2, -0.15) is 0 Å². The maximum atomic E-state index is 13.2. The maximum absolute atomic E-state index is 13.2. The monoisotopic (exact) mass is 411 g/mol. The second kappa shape index (κ2) is 10.3. The van der Waals surface area contributed by atoms with Crippen LogP contribution in [0, 0.1) is 0 Å². The minimum Gasteiger partial charge on any atom is -0.385 e. The van der Waals surface area contributed by atoms with Crippen molar-refractivity contribution in [2.24, 2.45) is 10.7 Å². The van der Waals surface area contributed by atoms with Crippen molar-refractivity contribution in [1.82, 2.24) is 15.1 Å². The van der Waals surface area contributed by atoms with Crippen molar-refractivity contribution < 1.29 is 9.53 Å². The van der Waals surface area contributed by atoms with E-state index in [1.165, 1.54) is 0 Å². The first kappa shape index (κ1) is 22.7. The number of halogens is 1. The van der Waals surface area contributed by atoms with Gasteiger partial charge in [0.05, 0.1) is 6.54 Å². The zero-order valence-corrected chi connectivity index (χ0v) is 17.8. The van der Waals surface area contributed by atoms with Crippen LogP contribution in [0.25, 0.3) is 0 Å². The maximum Gasteiger partial charge on any atom is 0.250 e. The van der Waals surface area contributed by atoms with E-state index in [0.717, 1.165) is 64.2 Å². The molecule has 0 saturated carbocycles. The summed E-state index contributed by atoms with van der Waals surface area (Å²) in [6.45, 7) is 6.54.